The fourth-order valence-corrected chi connectivity index (χ4v) is 1.71. The third-order valence-corrected chi connectivity index (χ3v) is 2.76. The Labute approximate surface area is 122 Å². The minimum Gasteiger partial charge on any atom is -0.495 e. The first-order valence-electron chi connectivity index (χ1n) is 6.14. The summed E-state index contributed by atoms with van der Waals surface area (Å²) in [5.41, 5.74) is 7.88. The van der Waals surface area contributed by atoms with Crippen molar-refractivity contribution >= 4 is 23.1 Å². The van der Waals surface area contributed by atoms with E-state index >= 15 is 0 Å². The van der Waals surface area contributed by atoms with E-state index in [0.717, 1.165) is 0 Å². The second-order valence-electron chi connectivity index (χ2n) is 4.23. The van der Waals surface area contributed by atoms with Crippen LogP contribution in [0, 0.1) is 11.3 Å². The van der Waals surface area contributed by atoms with Gasteiger partial charge in [0.1, 0.15) is 5.75 Å². The number of methoxy groups -OCH3 is 1. The molecule has 2 rings (SSSR count). The molecule has 0 aliphatic carbocycles. The standard InChI is InChI=1S/C15H14N4O2/c1-21-14-8-12(6-7-13(14)17)19-15(20)18-11-4-2-10(9-16)3-5-11/h2-8H,17H2,1H3,(H2,18,19,20). The largest absolute Gasteiger partial charge is 0.495 e. The van der Waals surface area contributed by atoms with Crippen LogP contribution < -0.4 is 21.1 Å². The molecular formula is C15H14N4O2. The number of nitrogens with zero attached hydrogens (tertiary/aromatic N) is 1. The molecule has 2 aromatic carbocycles. The SMILES string of the molecule is COc1cc(NC(=O)Nc2ccc(C#N)cc2)ccc1N. The highest BCUT2D eigenvalue weighted by Gasteiger charge is 2.05. The van der Waals surface area contributed by atoms with Crippen LogP contribution in [0.4, 0.5) is 21.9 Å². The monoisotopic (exact) mass is 282 g/mol. The molecular weight excluding hydrogens is 268 g/mol. The van der Waals surface area contributed by atoms with Crippen molar-refractivity contribution in [3.8, 4) is 11.8 Å². The molecule has 0 unspecified atom stereocenters. The van der Waals surface area contributed by atoms with Crippen molar-refractivity contribution in [1.29, 1.82) is 5.26 Å². The van der Waals surface area contributed by atoms with Gasteiger partial charge in [0.2, 0.25) is 0 Å². The van der Waals surface area contributed by atoms with E-state index in [2.05, 4.69) is 10.6 Å². The van der Waals surface area contributed by atoms with Gasteiger partial charge in [0.15, 0.2) is 0 Å². The summed E-state index contributed by atoms with van der Waals surface area (Å²) < 4.78 is 5.08. The Bertz CT molecular complexity index is 690. The van der Waals surface area contributed by atoms with Crippen LogP contribution in [0.25, 0.3) is 0 Å². The van der Waals surface area contributed by atoms with Gasteiger partial charge in [-0.1, -0.05) is 0 Å². The quantitative estimate of drug-likeness (QED) is 0.753. The van der Waals surface area contributed by atoms with Crippen LogP contribution in [0.2, 0.25) is 0 Å². The second kappa shape index (κ2) is 6.30. The number of urea groups is 1. The molecule has 0 heterocycles. The molecule has 2 amide bonds. The molecule has 0 aliphatic heterocycles. The maximum atomic E-state index is 11.9. The number of benzene rings is 2. The molecule has 0 saturated heterocycles. The van der Waals surface area contributed by atoms with Crippen molar-refractivity contribution in [3.05, 3.63) is 48.0 Å². The van der Waals surface area contributed by atoms with Crippen molar-refractivity contribution in [3.63, 3.8) is 0 Å². The third kappa shape index (κ3) is 3.64. The first-order chi connectivity index (χ1) is 10.1. The minimum atomic E-state index is -0.397. The van der Waals surface area contributed by atoms with Gasteiger partial charge in [0, 0.05) is 17.4 Å². The zero-order valence-electron chi connectivity index (χ0n) is 11.4. The van der Waals surface area contributed by atoms with Gasteiger partial charge in [-0.3, -0.25) is 0 Å². The number of anilines is 3. The summed E-state index contributed by atoms with van der Waals surface area (Å²) in [5, 5.41) is 14.0. The maximum Gasteiger partial charge on any atom is 0.323 e. The number of nitrogens with one attached hydrogen (secondary N) is 2. The van der Waals surface area contributed by atoms with E-state index in [0.29, 0.717) is 28.4 Å². The number of rotatable bonds is 3. The normalized spacial score (nSPS) is 9.52. The van der Waals surface area contributed by atoms with Gasteiger partial charge < -0.3 is 21.1 Å². The number of amides is 2. The molecule has 0 aliphatic rings. The average Bonchev–Trinajstić information content (AvgIpc) is 2.50. The Morgan fingerprint density at radius 3 is 2.38 bits per heavy atom. The minimum absolute atomic E-state index is 0.397. The number of nitrogens with two attached hydrogens (primary N) is 1. The average molecular weight is 282 g/mol. The molecule has 6 nitrogen and oxygen atoms in total. The number of nitriles is 1. The zero-order chi connectivity index (χ0) is 15.2. The molecule has 0 fully saturated rings. The summed E-state index contributed by atoms with van der Waals surface area (Å²) in [6, 6.07) is 13.1. The highest BCUT2D eigenvalue weighted by atomic mass is 16.5. The zero-order valence-corrected chi connectivity index (χ0v) is 11.4. The van der Waals surface area contributed by atoms with E-state index in [1.165, 1.54) is 7.11 Å². The Kier molecular flexibility index (Phi) is 4.26. The Hall–Kier alpha value is -3.20. The molecule has 106 valence electrons. The van der Waals surface area contributed by atoms with Crippen LogP contribution >= 0.6 is 0 Å². The topological polar surface area (TPSA) is 100 Å². The summed E-state index contributed by atoms with van der Waals surface area (Å²) in [6.45, 7) is 0. The lowest BCUT2D eigenvalue weighted by atomic mass is 10.2. The Morgan fingerprint density at radius 2 is 1.76 bits per heavy atom. The van der Waals surface area contributed by atoms with Crippen LogP contribution in [0.5, 0.6) is 5.75 Å². The number of carbonyl (C=O) groups excluding carboxylic acids is 1. The molecule has 0 radical (unpaired) electrons. The first kappa shape index (κ1) is 14.2. The molecule has 0 aromatic heterocycles. The summed E-state index contributed by atoms with van der Waals surface area (Å²) in [6.07, 6.45) is 0. The Morgan fingerprint density at radius 1 is 1.14 bits per heavy atom. The molecule has 0 saturated carbocycles. The molecule has 0 atom stereocenters. The van der Waals surface area contributed by atoms with Crippen molar-refractivity contribution in [2.75, 3.05) is 23.5 Å². The van der Waals surface area contributed by atoms with Crippen LogP contribution in [-0.2, 0) is 0 Å². The second-order valence-corrected chi connectivity index (χ2v) is 4.23. The maximum absolute atomic E-state index is 11.9. The van der Waals surface area contributed by atoms with Crippen LogP contribution in [0.15, 0.2) is 42.5 Å². The lowest BCUT2D eigenvalue weighted by molar-refractivity contribution is 0.262. The van der Waals surface area contributed by atoms with Crippen LogP contribution in [-0.4, -0.2) is 13.1 Å². The van der Waals surface area contributed by atoms with Gasteiger partial charge in [-0.05, 0) is 36.4 Å². The van der Waals surface area contributed by atoms with Gasteiger partial charge in [-0.15, -0.1) is 0 Å². The van der Waals surface area contributed by atoms with E-state index in [4.69, 9.17) is 15.7 Å². The van der Waals surface area contributed by atoms with E-state index in [1.807, 2.05) is 6.07 Å². The van der Waals surface area contributed by atoms with Crippen LogP contribution in [0.1, 0.15) is 5.56 Å². The van der Waals surface area contributed by atoms with E-state index in [1.54, 1.807) is 42.5 Å². The van der Waals surface area contributed by atoms with Gasteiger partial charge in [-0.2, -0.15) is 5.26 Å². The molecule has 6 heteroatoms. The smallest absolute Gasteiger partial charge is 0.323 e. The van der Waals surface area contributed by atoms with Crippen molar-refractivity contribution in [2.45, 2.75) is 0 Å². The molecule has 4 N–H and O–H groups in total. The van der Waals surface area contributed by atoms with Crippen molar-refractivity contribution in [2.24, 2.45) is 0 Å². The number of hydrogen-bond acceptors (Lipinski definition) is 4. The van der Waals surface area contributed by atoms with E-state index in [-0.39, 0.29) is 0 Å². The van der Waals surface area contributed by atoms with Crippen molar-refractivity contribution in [1.82, 2.24) is 0 Å². The third-order valence-electron chi connectivity index (χ3n) is 2.76. The number of ether oxygens (including phenoxy) is 1. The van der Waals surface area contributed by atoms with Crippen LogP contribution in [0.3, 0.4) is 0 Å². The molecule has 0 bridgehead atoms. The van der Waals surface area contributed by atoms with Crippen molar-refractivity contribution < 1.29 is 9.53 Å². The molecule has 21 heavy (non-hydrogen) atoms. The predicted octanol–water partition coefficient (Wildman–Crippen LogP) is 2.79. The van der Waals surface area contributed by atoms with Gasteiger partial charge in [0.25, 0.3) is 0 Å². The molecule has 0 spiro atoms. The summed E-state index contributed by atoms with van der Waals surface area (Å²) in [4.78, 5) is 11.9. The molecule has 2 aromatic rings. The predicted molar refractivity (Wildman–Crippen MR) is 81.2 cm³/mol. The lowest BCUT2D eigenvalue weighted by Gasteiger charge is -2.10. The highest BCUT2D eigenvalue weighted by molar-refractivity contribution is 6.00. The lowest BCUT2D eigenvalue weighted by Crippen LogP contribution is -2.19. The van der Waals surface area contributed by atoms with Gasteiger partial charge >= 0.3 is 6.03 Å². The van der Waals surface area contributed by atoms with E-state index < -0.39 is 6.03 Å². The summed E-state index contributed by atoms with van der Waals surface area (Å²) in [5.74, 6) is 0.492. The highest BCUT2D eigenvalue weighted by Crippen LogP contribution is 2.25. The van der Waals surface area contributed by atoms with E-state index in [9.17, 15) is 4.79 Å². The Balaban J connectivity index is 2.02. The van der Waals surface area contributed by atoms with Gasteiger partial charge in [-0.25, -0.2) is 4.79 Å². The fourth-order valence-electron chi connectivity index (χ4n) is 1.71. The summed E-state index contributed by atoms with van der Waals surface area (Å²) in [7, 11) is 1.51. The number of carbonyl (C=O) groups is 1. The number of hydrogen-bond donors (Lipinski definition) is 3. The first-order valence-corrected chi connectivity index (χ1v) is 6.14. The summed E-state index contributed by atoms with van der Waals surface area (Å²) >= 11 is 0. The fraction of sp³-hybridized carbons (Fsp3) is 0.0667. The van der Waals surface area contributed by atoms with Gasteiger partial charge in [0.05, 0.1) is 24.4 Å². The number of nitrogen functional groups attached to an aromatic ring is 1.